The molecular formula is C11H27NSi2. The van der Waals surface area contributed by atoms with Crippen LogP contribution >= 0.6 is 0 Å². The first-order valence-electron chi connectivity index (χ1n) is 5.64. The van der Waals surface area contributed by atoms with E-state index < -0.39 is 16.1 Å². The van der Waals surface area contributed by atoms with Crippen molar-refractivity contribution in [3.63, 3.8) is 0 Å². The van der Waals surface area contributed by atoms with Crippen LogP contribution in [0, 0.1) is 5.41 Å². The van der Waals surface area contributed by atoms with Crippen molar-refractivity contribution < 1.29 is 0 Å². The summed E-state index contributed by atoms with van der Waals surface area (Å²) in [6, 6.07) is 0. The molecule has 0 aromatic rings. The van der Waals surface area contributed by atoms with E-state index in [0.29, 0.717) is 0 Å². The predicted molar refractivity (Wildman–Crippen MR) is 73.1 cm³/mol. The largest absolute Gasteiger partial charge is 0.313 e. The van der Waals surface area contributed by atoms with Crippen molar-refractivity contribution in [1.29, 1.82) is 5.41 Å². The van der Waals surface area contributed by atoms with Crippen molar-refractivity contribution in [2.75, 3.05) is 0 Å². The van der Waals surface area contributed by atoms with E-state index in [-0.39, 0.29) is 4.66 Å². The van der Waals surface area contributed by atoms with Crippen LogP contribution in [0.2, 0.25) is 43.9 Å². The molecule has 84 valence electrons. The van der Waals surface area contributed by atoms with Crippen LogP contribution in [0.5, 0.6) is 0 Å². The molecule has 0 aliphatic rings. The molecule has 0 spiro atoms. The van der Waals surface area contributed by atoms with E-state index in [0.717, 1.165) is 0 Å². The fraction of sp³-hybridized carbons (Fsp3) is 0.909. The maximum Gasteiger partial charge on any atom is 0.0539 e. The summed E-state index contributed by atoms with van der Waals surface area (Å²) in [4.78, 5) is 0. The molecule has 0 saturated carbocycles. The van der Waals surface area contributed by atoms with Gasteiger partial charge in [-0.15, -0.1) is 0 Å². The number of nitrogens with one attached hydrogen (secondary N) is 1. The molecule has 1 nitrogen and oxygen atoms in total. The van der Waals surface area contributed by atoms with E-state index in [4.69, 9.17) is 5.41 Å². The van der Waals surface area contributed by atoms with E-state index in [2.05, 4.69) is 46.2 Å². The third-order valence-electron chi connectivity index (χ3n) is 3.57. The van der Waals surface area contributed by atoms with Gasteiger partial charge < -0.3 is 5.41 Å². The van der Waals surface area contributed by atoms with Crippen LogP contribution in [0.15, 0.2) is 0 Å². The Labute approximate surface area is 91.8 Å². The lowest BCUT2D eigenvalue weighted by Gasteiger charge is -2.49. The third kappa shape index (κ3) is 2.37. The minimum atomic E-state index is -1.27. The fourth-order valence-electron chi connectivity index (χ4n) is 2.77. The van der Waals surface area contributed by atoms with Gasteiger partial charge in [-0.25, -0.2) is 0 Å². The van der Waals surface area contributed by atoms with Crippen LogP contribution in [-0.4, -0.2) is 22.4 Å². The molecule has 0 bridgehead atoms. The second kappa shape index (κ2) is 4.31. The first kappa shape index (κ1) is 14.1. The summed E-state index contributed by atoms with van der Waals surface area (Å²) in [7, 11) is -2.55. The van der Waals surface area contributed by atoms with Crippen molar-refractivity contribution in [3.8, 4) is 0 Å². The monoisotopic (exact) mass is 229 g/mol. The molecule has 0 aromatic heterocycles. The first-order valence-corrected chi connectivity index (χ1v) is 12.6. The van der Waals surface area contributed by atoms with Gasteiger partial charge in [0.05, 0.1) is 16.1 Å². The van der Waals surface area contributed by atoms with Crippen LogP contribution < -0.4 is 0 Å². The van der Waals surface area contributed by atoms with Gasteiger partial charge in [0.1, 0.15) is 0 Å². The minimum absolute atomic E-state index is 0.286. The maximum absolute atomic E-state index is 7.87. The van der Waals surface area contributed by atoms with Gasteiger partial charge in [0, 0.05) is 0 Å². The average Bonchev–Trinajstić information content (AvgIpc) is 1.94. The normalized spacial score (nSPS) is 14.2. The van der Waals surface area contributed by atoms with Crippen LogP contribution in [0.25, 0.3) is 0 Å². The molecule has 0 atom stereocenters. The minimum Gasteiger partial charge on any atom is -0.313 e. The summed E-state index contributed by atoms with van der Waals surface area (Å²) < 4.78 is 0.286. The van der Waals surface area contributed by atoms with Gasteiger partial charge in [-0.05, 0) is 17.3 Å². The Morgan fingerprint density at radius 2 is 1.36 bits per heavy atom. The molecular weight excluding hydrogens is 202 g/mol. The molecule has 0 heterocycles. The highest BCUT2D eigenvalue weighted by Crippen LogP contribution is 2.48. The van der Waals surface area contributed by atoms with Crippen molar-refractivity contribution >= 4 is 22.4 Å². The Bertz CT molecular complexity index is 184. The van der Waals surface area contributed by atoms with Gasteiger partial charge in [-0.1, -0.05) is 52.6 Å². The van der Waals surface area contributed by atoms with Crippen molar-refractivity contribution in [2.45, 2.75) is 63.7 Å². The van der Waals surface area contributed by atoms with E-state index in [1.54, 1.807) is 0 Å². The van der Waals surface area contributed by atoms with Gasteiger partial charge in [0.25, 0.3) is 0 Å². The van der Waals surface area contributed by atoms with E-state index in [1.165, 1.54) is 12.8 Å². The molecule has 0 saturated heterocycles. The second-order valence-electron chi connectivity index (χ2n) is 6.37. The molecule has 0 unspecified atom stereocenters. The zero-order valence-corrected chi connectivity index (χ0v) is 13.0. The molecule has 0 rings (SSSR count). The Balaban J connectivity index is 5.32. The molecule has 0 radical (unpaired) electrons. The lowest BCUT2D eigenvalue weighted by atomic mass is 10.2. The summed E-state index contributed by atoms with van der Waals surface area (Å²) in [6.45, 7) is 16.8. The molecule has 0 aliphatic heterocycles. The topological polar surface area (TPSA) is 23.9 Å². The van der Waals surface area contributed by atoms with Gasteiger partial charge >= 0.3 is 0 Å². The Morgan fingerprint density at radius 1 is 1.00 bits per heavy atom. The van der Waals surface area contributed by atoms with Crippen molar-refractivity contribution in [3.05, 3.63) is 0 Å². The summed E-state index contributed by atoms with van der Waals surface area (Å²) in [5.74, 6) is 0. The van der Waals surface area contributed by atoms with Crippen LogP contribution in [0.3, 0.4) is 0 Å². The summed E-state index contributed by atoms with van der Waals surface area (Å²) in [5.41, 5.74) is 0. The van der Waals surface area contributed by atoms with Crippen molar-refractivity contribution in [2.24, 2.45) is 0 Å². The van der Waals surface area contributed by atoms with Crippen LogP contribution in [0.1, 0.15) is 19.8 Å². The van der Waals surface area contributed by atoms with E-state index in [9.17, 15) is 0 Å². The quantitative estimate of drug-likeness (QED) is 0.534. The number of rotatable bonds is 5. The molecule has 0 amide bonds. The molecule has 14 heavy (non-hydrogen) atoms. The summed E-state index contributed by atoms with van der Waals surface area (Å²) >= 11 is 0. The van der Waals surface area contributed by atoms with Crippen LogP contribution in [-0.2, 0) is 0 Å². The SMILES string of the molecule is CCCC(C=N)([Si](C)(C)C)[Si](C)(C)C. The summed E-state index contributed by atoms with van der Waals surface area (Å²) in [5, 5.41) is 7.87. The van der Waals surface area contributed by atoms with E-state index >= 15 is 0 Å². The second-order valence-corrected chi connectivity index (χ2v) is 17.7. The third-order valence-corrected chi connectivity index (χ3v) is 14.2. The first-order chi connectivity index (χ1) is 6.12. The number of hydrogen-bond acceptors (Lipinski definition) is 1. The van der Waals surface area contributed by atoms with Gasteiger partial charge in [0.2, 0.25) is 0 Å². The standard InChI is InChI=1S/C11H27NSi2/c1-8-9-11(10-12,13(2,3)4)14(5,6)7/h10,12H,8-9H2,1-7H3. The molecule has 0 fully saturated rings. The highest BCUT2D eigenvalue weighted by Gasteiger charge is 2.50. The van der Waals surface area contributed by atoms with Gasteiger partial charge in [-0.3, -0.25) is 0 Å². The Kier molecular flexibility index (Phi) is 4.34. The van der Waals surface area contributed by atoms with Gasteiger partial charge in [0.15, 0.2) is 0 Å². The Morgan fingerprint density at radius 3 is 1.43 bits per heavy atom. The molecule has 3 heteroatoms. The van der Waals surface area contributed by atoms with Gasteiger partial charge in [-0.2, -0.15) is 0 Å². The zero-order chi connectivity index (χ0) is 11.6. The Hall–Kier alpha value is 0.104. The summed E-state index contributed by atoms with van der Waals surface area (Å²) in [6.07, 6.45) is 4.25. The molecule has 0 aliphatic carbocycles. The highest BCUT2D eigenvalue weighted by molar-refractivity contribution is 7.01. The molecule has 0 aromatic carbocycles. The molecule has 1 N–H and O–H groups in total. The highest BCUT2D eigenvalue weighted by atomic mass is 28.4. The fourth-order valence-corrected chi connectivity index (χ4v) is 14.6. The maximum atomic E-state index is 7.87. The lowest BCUT2D eigenvalue weighted by Crippen LogP contribution is -2.55. The van der Waals surface area contributed by atoms with Crippen LogP contribution in [0.4, 0.5) is 0 Å². The predicted octanol–water partition coefficient (Wildman–Crippen LogP) is 4.39. The lowest BCUT2D eigenvalue weighted by molar-refractivity contribution is 0.750. The zero-order valence-electron chi connectivity index (χ0n) is 11.0. The smallest absolute Gasteiger partial charge is 0.0539 e. The average molecular weight is 230 g/mol. The van der Waals surface area contributed by atoms with E-state index in [1.807, 2.05) is 6.21 Å². The van der Waals surface area contributed by atoms with Crippen molar-refractivity contribution in [1.82, 2.24) is 0 Å². The number of hydrogen-bond donors (Lipinski definition) is 1.